The van der Waals surface area contributed by atoms with Gasteiger partial charge in [-0.3, -0.25) is 14.5 Å². The third-order valence-corrected chi connectivity index (χ3v) is 7.07. The molecule has 0 spiro atoms. The Morgan fingerprint density at radius 3 is 2.27 bits per heavy atom. The Morgan fingerprint density at radius 2 is 1.65 bits per heavy atom. The molecule has 3 aromatic rings. The number of nitrogens with two attached hydrogens (primary N) is 1. The number of aldehydes is 1. The first-order valence-corrected chi connectivity index (χ1v) is 13.9. The van der Waals surface area contributed by atoms with Crippen molar-refractivity contribution >= 4 is 29.7 Å². The van der Waals surface area contributed by atoms with Gasteiger partial charge < -0.3 is 15.8 Å². The van der Waals surface area contributed by atoms with Crippen molar-refractivity contribution in [1.82, 2.24) is 0 Å². The van der Waals surface area contributed by atoms with Gasteiger partial charge in [0.05, 0.1) is 5.69 Å². The van der Waals surface area contributed by atoms with Gasteiger partial charge in [0, 0.05) is 35.3 Å². The van der Waals surface area contributed by atoms with E-state index in [-0.39, 0.29) is 30.5 Å². The Balaban J connectivity index is 1.63. The van der Waals surface area contributed by atoms with Crippen LogP contribution in [0.3, 0.4) is 0 Å². The fraction of sp³-hybridized carbons (Fsp3) is 0.364. The van der Waals surface area contributed by atoms with Crippen LogP contribution in [0.4, 0.5) is 16.2 Å². The number of nitrogens with zero attached hydrogens (tertiary/aromatic N) is 1. The van der Waals surface area contributed by atoms with E-state index in [0.717, 1.165) is 54.3 Å². The first-order valence-electron chi connectivity index (χ1n) is 13.9. The fourth-order valence-corrected chi connectivity index (χ4v) is 5.04. The second-order valence-electron chi connectivity index (χ2n) is 11.4. The van der Waals surface area contributed by atoms with Crippen molar-refractivity contribution in [3.63, 3.8) is 0 Å². The number of carbonyl (C=O) groups is 3. The molecule has 7 nitrogen and oxygen atoms in total. The van der Waals surface area contributed by atoms with E-state index in [1.54, 1.807) is 24.3 Å². The van der Waals surface area contributed by atoms with Crippen LogP contribution in [0.1, 0.15) is 68.8 Å². The first kappa shape index (κ1) is 29.0. The summed E-state index contributed by atoms with van der Waals surface area (Å²) in [7, 11) is 0. The number of carbonyl (C=O) groups excluding carboxylic acids is 3. The zero-order chi connectivity index (χ0) is 28.7. The lowest BCUT2D eigenvalue weighted by molar-refractivity contribution is -0.116. The highest BCUT2D eigenvalue weighted by Crippen LogP contribution is 2.37. The van der Waals surface area contributed by atoms with E-state index in [1.807, 2.05) is 74.2 Å². The topological polar surface area (TPSA) is 102 Å². The molecule has 3 aromatic carbocycles. The molecule has 0 atom stereocenters. The Labute approximate surface area is 236 Å². The lowest BCUT2D eigenvalue weighted by Gasteiger charge is -2.38. The fourth-order valence-electron chi connectivity index (χ4n) is 5.04. The van der Waals surface area contributed by atoms with Crippen LogP contribution in [-0.2, 0) is 16.0 Å². The van der Waals surface area contributed by atoms with Gasteiger partial charge in [-0.1, -0.05) is 42.5 Å². The smallest absolute Gasteiger partial charge is 0.415 e. The average molecular weight is 542 g/mol. The van der Waals surface area contributed by atoms with Crippen LogP contribution in [0.15, 0.2) is 72.8 Å². The number of benzene rings is 3. The number of aryl methyl sites for hydroxylation is 1. The molecular formula is C33H39N3O4. The van der Waals surface area contributed by atoms with Crippen LogP contribution in [0.5, 0.6) is 0 Å². The largest absolute Gasteiger partial charge is 0.443 e. The van der Waals surface area contributed by atoms with E-state index in [0.29, 0.717) is 17.7 Å². The van der Waals surface area contributed by atoms with Gasteiger partial charge in [0.25, 0.3) is 0 Å². The van der Waals surface area contributed by atoms with E-state index in [9.17, 15) is 14.4 Å². The quantitative estimate of drug-likeness (QED) is 0.307. The summed E-state index contributed by atoms with van der Waals surface area (Å²) in [4.78, 5) is 39.2. The number of amides is 2. The van der Waals surface area contributed by atoms with E-state index >= 15 is 0 Å². The van der Waals surface area contributed by atoms with Gasteiger partial charge in [0.15, 0.2) is 0 Å². The molecule has 0 saturated heterocycles. The van der Waals surface area contributed by atoms with Crippen molar-refractivity contribution in [1.29, 1.82) is 0 Å². The highest BCUT2D eigenvalue weighted by molar-refractivity contribution is 5.95. The third-order valence-electron chi connectivity index (χ3n) is 7.07. The molecule has 0 radical (unpaired) electrons. The Hall–Kier alpha value is -3.97. The van der Waals surface area contributed by atoms with Crippen LogP contribution in [0.25, 0.3) is 11.1 Å². The minimum Gasteiger partial charge on any atom is -0.443 e. The summed E-state index contributed by atoms with van der Waals surface area (Å²) in [5, 5.41) is 2.89. The molecule has 0 heterocycles. The van der Waals surface area contributed by atoms with Crippen LogP contribution < -0.4 is 16.0 Å². The van der Waals surface area contributed by atoms with Gasteiger partial charge >= 0.3 is 6.09 Å². The summed E-state index contributed by atoms with van der Waals surface area (Å²) in [5.41, 5.74) is 10.4. The highest BCUT2D eigenvalue weighted by atomic mass is 16.6. The second-order valence-corrected chi connectivity index (χ2v) is 11.4. The van der Waals surface area contributed by atoms with Crippen LogP contribution in [-0.4, -0.2) is 36.0 Å². The summed E-state index contributed by atoms with van der Waals surface area (Å²) >= 11 is 0. The number of rotatable bonds is 8. The molecule has 1 aliphatic carbocycles. The maximum Gasteiger partial charge on any atom is 0.415 e. The first-order chi connectivity index (χ1) is 19.1. The van der Waals surface area contributed by atoms with Crippen molar-refractivity contribution in [2.45, 2.75) is 77.0 Å². The van der Waals surface area contributed by atoms with Crippen LogP contribution in [0.2, 0.25) is 0 Å². The average Bonchev–Trinajstić information content (AvgIpc) is 2.93. The molecule has 2 amide bonds. The molecule has 3 N–H and O–H groups in total. The predicted octanol–water partition coefficient (Wildman–Crippen LogP) is 6.75. The molecule has 1 fully saturated rings. The van der Waals surface area contributed by atoms with Gasteiger partial charge in [-0.2, -0.15) is 0 Å². The number of hydrogen-bond acceptors (Lipinski definition) is 5. The van der Waals surface area contributed by atoms with Crippen LogP contribution >= 0.6 is 0 Å². The summed E-state index contributed by atoms with van der Waals surface area (Å²) in [6, 6.07) is 22.9. The highest BCUT2D eigenvalue weighted by Gasteiger charge is 2.33. The zero-order valence-corrected chi connectivity index (χ0v) is 23.6. The molecule has 210 valence electrons. The van der Waals surface area contributed by atoms with Gasteiger partial charge in [-0.25, -0.2) is 4.79 Å². The molecule has 0 aliphatic heterocycles. The molecule has 0 unspecified atom stereocenters. The van der Waals surface area contributed by atoms with Gasteiger partial charge in [0.2, 0.25) is 5.91 Å². The molecule has 0 bridgehead atoms. The number of anilines is 2. The number of nitrogens with one attached hydrogen (secondary N) is 1. The lowest BCUT2D eigenvalue weighted by Crippen LogP contribution is -2.46. The van der Waals surface area contributed by atoms with Crippen molar-refractivity contribution in [3.8, 4) is 11.1 Å². The minimum atomic E-state index is -0.646. The third kappa shape index (κ3) is 7.79. The Morgan fingerprint density at radius 1 is 0.975 bits per heavy atom. The number of ether oxygens (including phenoxy) is 1. The summed E-state index contributed by atoms with van der Waals surface area (Å²) in [6.45, 7) is 5.62. The Bertz CT molecular complexity index is 1310. The lowest BCUT2D eigenvalue weighted by atomic mass is 9.89. The van der Waals surface area contributed by atoms with Crippen molar-refractivity contribution in [2.24, 2.45) is 5.73 Å². The van der Waals surface area contributed by atoms with Gasteiger partial charge in [0.1, 0.15) is 11.9 Å². The van der Waals surface area contributed by atoms with Crippen molar-refractivity contribution in [3.05, 3.63) is 83.9 Å². The SMILES string of the molecule is CC(C)(C)OC(=O)N(c1cc(CCC(=O)Nc2ccc(C=O)cc2)ccc1-c1ccccc1)C1CCC(N)CC1. The molecular weight excluding hydrogens is 502 g/mol. The summed E-state index contributed by atoms with van der Waals surface area (Å²) < 4.78 is 5.92. The molecule has 40 heavy (non-hydrogen) atoms. The molecule has 0 aromatic heterocycles. The normalized spacial score (nSPS) is 17.1. The zero-order valence-electron chi connectivity index (χ0n) is 23.6. The van der Waals surface area contributed by atoms with Crippen molar-refractivity contribution in [2.75, 3.05) is 10.2 Å². The van der Waals surface area contributed by atoms with Crippen molar-refractivity contribution < 1.29 is 19.1 Å². The maximum absolute atomic E-state index is 13.7. The van der Waals surface area contributed by atoms with E-state index in [1.165, 1.54) is 0 Å². The molecule has 1 saturated carbocycles. The van der Waals surface area contributed by atoms with Crippen LogP contribution in [0, 0.1) is 0 Å². The second kappa shape index (κ2) is 12.9. The van der Waals surface area contributed by atoms with Gasteiger partial charge in [-0.05, 0) is 94.3 Å². The monoisotopic (exact) mass is 541 g/mol. The molecule has 7 heteroatoms. The maximum atomic E-state index is 13.7. The predicted molar refractivity (Wildman–Crippen MR) is 160 cm³/mol. The summed E-state index contributed by atoms with van der Waals surface area (Å²) in [6.07, 6.45) is 4.44. The number of hydrogen-bond donors (Lipinski definition) is 2. The Kier molecular flexibility index (Phi) is 9.38. The van der Waals surface area contributed by atoms with Gasteiger partial charge in [-0.15, -0.1) is 0 Å². The molecule has 1 aliphatic rings. The molecule has 4 rings (SSSR count). The minimum absolute atomic E-state index is 0.0370. The van der Waals surface area contributed by atoms with E-state index in [2.05, 4.69) is 5.32 Å². The van der Waals surface area contributed by atoms with E-state index < -0.39 is 5.60 Å². The van der Waals surface area contributed by atoms with E-state index in [4.69, 9.17) is 10.5 Å². The standard InChI is InChI=1S/C33H39N3O4/c1-33(2,3)40-32(39)36(28-17-13-26(34)14-18-28)30-21-23(11-19-29(30)25-7-5-4-6-8-25)12-20-31(38)35-27-15-9-24(22-37)10-16-27/h4-11,15-16,19,21-22,26,28H,12-14,17-18,20,34H2,1-3H3,(H,35,38). The summed E-state index contributed by atoms with van der Waals surface area (Å²) in [5.74, 6) is -0.127.